The summed E-state index contributed by atoms with van der Waals surface area (Å²) in [4.78, 5) is -0.371. The number of rotatable bonds is 5. The lowest BCUT2D eigenvalue weighted by molar-refractivity contribution is -0.142. The summed E-state index contributed by atoms with van der Waals surface area (Å²) in [5.41, 5.74) is -1.34. The van der Waals surface area contributed by atoms with Gasteiger partial charge in [0, 0.05) is 17.8 Å². The monoisotopic (exact) mass is 441 g/mol. The summed E-state index contributed by atoms with van der Waals surface area (Å²) in [6.07, 6.45) is -7.15. The predicted molar refractivity (Wildman–Crippen MR) is 90.5 cm³/mol. The molecule has 160 valence electrons. The molecule has 1 aliphatic carbocycles. The first kappa shape index (κ1) is 21.6. The molecule has 0 radical (unpaired) electrons. The van der Waals surface area contributed by atoms with Gasteiger partial charge in [-0.15, -0.1) is 0 Å². The second-order valence-electron chi connectivity index (χ2n) is 6.62. The van der Waals surface area contributed by atoms with E-state index in [1.807, 2.05) is 0 Å². The Morgan fingerprint density at radius 3 is 2.17 bits per heavy atom. The summed E-state index contributed by atoms with van der Waals surface area (Å²) in [6, 6.07) is 2.94. The van der Waals surface area contributed by atoms with Crippen LogP contribution < -0.4 is 4.72 Å². The van der Waals surface area contributed by atoms with Crippen molar-refractivity contribution in [1.29, 1.82) is 0 Å². The van der Waals surface area contributed by atoms with E-state index in [4.69, 9.17) is 0 Å². The van der Waals surface area contributed by atoms with Gasteiger partial charge in [0.1, 0.15) is 0 Å². The topological polar surface area (TPSA) is 64.0 Å². The van der Waals surface area contributed by atoms with Crippen LogP contribution in [-0.4, -0.2) is 24.7 Å². The van der Waals surface area contributed by atoms with Gasteiger partial charge < -0.3 is 0 Å². The molecule has 5 nitrogen and oxygen atoms in total. The van der Waals surface area contributed by atoms with Gasteiger partial charge in [-0.2, -0.15) is 31.4 Å². The number of hydrogen-bond donors (Lipinski definition) is 1. The van der Waals surface area contributed by atoms with Crippen molar-refractivity contribution in [2.24, 2.45) is 0 Å². The van der Waals surface area contributed by atoms with E-state index in [9.17, 15) is 34.8 Å². The van der Waals surface area contributed by atoms with E-state index in [-0.39, 0.29) is 30.0 Å². The van der Waals surface area contributed by atoms with Crippen LogP contribution in [0.15, 0.2) is 29.2 Å². The number of alkyl halides is 6. The van der Waals surface area contributed by atoms with E-state index >= 15 is 0 Å². The van der Waals surface area contributed by atoms with Crippen LogP contribution in [0.4, 0.5) is 26.3 Å². The quantitative estimate of drug-likeness (QED) is 0.719. The predicted octanol–water partition coefficient (Wildman–Crippen LogP) is 3.78. The first-order chi connectivity index (χ1) is 13.4. The fraction of sp³-hybridized carbons (Fsp3) is 0.471. The van der Waals surface area contributed by atoms with Crippen molar-refractivity contribution in [2.45, 2.75) is 49.5 Å². The molecule has 29 heavy (non-hydrogen) atoms. The van der Waals surface area contributed by atoms with E-state index in [2.05, 4.69) is 9.82 Å². The minimum absolute atomic E-state index is 0.127. The van der Waals surface area contributed by atoms with Gasteiger partial charge in [-0.25, -0.2) is 13.1 Å². The molecule has 1 heterocycles. The summed E-state index contributed by atoms with van der Waals surface area (Å²) in [5.74, 6) is 0. The molecule has 0 amide bonds. The van der Waals surface area contributed by atoms with Crippen LogP contribution in [0.3, 0.4) is 0 Å². The van der Waals surface area contributed by atoms with Gasteiger partial charge in [-0.1, -0.05) is 0 Å². The van der Waals surface area contributed by atoms with Crippen molar-refractivity contribution in [2.75, 3.05) is 6.54 Å². The molecule has 0 unspecified atom stereocenters. The summed E-state index contributed by atoms with van der Waals surface area (Å²) < 4.78 is 105. The third-order valence-electron chi connectivity index (χ3n) is 4.63. The lowest BCUT2D eigenvalue weighted by Gasteiger charge is -2.15. The van der Waals surface area contributed by atoms with Crippen LogP contribution >= 0.6 is 0 Å². The maximum Gasteiger partial charge on any atom is 0.435 e. The van der Waals surface area contributed by atoms with Gasteiger partial charge in [0.05, 0.1) is 17.0 Å². The Hall–Kier alpha value is -2.08. The van der Waals surface area contributed by atoms with Crippen LogP contribution in [0.2, 0.25) is 0 Å². The van der Waals surface area contributed by atoms with Crippen LogP contribution in [-0.2, 0) is 41.8 Å². The number of benzene rings is 1. The largest absolute Gasteiger partial charge is 0.435 e. The Kier molecular flexibility index (Phi) is 5.69. The molecule has 3 rings (SSSR count). The van der Waals surface area contributed by atoms with Gasteiger partial charge in [0.25, 0.3) is 0 Å². The van der Waals surface area contributed by atoms with Crippen LogP contribution in [0.1, 0.15) is 35.4 Å². The Balaban J connectivity index is 1.72. The van der Waals surface area contributed by atoms with E-state index in [1.165, 1.54) is 0 Å². The number of fused-ring (bicyclic) bond motifs is 1. The van der Waals surface area contributed by atoms with Crippen LogP contribution in [0, 0.1) is 0 Å². The zero-order valence-corrected chi connectivity index (χ0v) is 15.8. The highest BCUT2D eigenvalue weighted by molar-refractivity contribution is 7.89. The first-order valence-corrected chi connectivity index (χ1v) is 10.2. The zero-order chi connectivity index (χ0) is 21.4. The first-order valence-electron chi connectivity index (χ1n) is 8.72. The van der Waals surface area contributed by atoms with E-state index in [1.54, 1.807) is 0 Å². The van der Waals surface area contributed by atoms with Crippen molar-refractivity contribution in [3.8, 4) is 0 Å². The minimum Gasteiger partial charge on any atom is -0.267 e. The van der Waals surface area contributed by atoms with Crippen LogP contribution in [0.5, 0.6) is 0 Å². The second kappa shape index (κ2) is 7.63. The zero-order valence-electron chi connectivity index (χ0n) is 14.9. The fourth-order valence-corrected chi connectivity index (χ4v) is 4.30. The molecule has 0 spiro atoms. The minimum atomic E-state index is -4.59. The molecule has 12 heteroatoms. The molecular weight excluding hydrogens is 424 g/mol. The highest BCUT2D eigenvalue weighted by Gasteiger charge is 2.39. The molecule has 0 fully saturated rings. The fourth-order valence-electron chi connectivity index (χ4n) is 3.28. The van der Waals surface area contributed by atoms with E-state index in [0.29, 0.717) is 37.1 Å². The van der Waals surface area contributed by atoms with Gasteiger partial charge in [-0.3, -0.25) is 4.68 Å². The molecule has 1 N–H and O–H groups in total. The average Bonchev–Trinajstić information content (AvgIpc) is 3.00. The van der Waals surface area contributed by atoms with Gasteiger partial charge in [-0.05, 0) is 49.9 Å². The number of aromatic nitrogens is 2. The Bertz CT molecular complexity index is 978. The lowest BCUT2D eigenvalue weighted by atomic mass is 9.95. The number of sulfonamides is 1. The SMILES string of the molecule is O=S(=O)(NCCn1nc(C(F)(F)F)c2c1CCCC2)c1ccc(C(F)(F)F)cc1. The highest BCUT2D eigenvalue weighted by Crippen LogP contribution is 2.35. The molecule has 0 bridgehead atoms. The van der Waals surface area contributed by atoms with E-state index < -0.39 is 33.6 Å². The second-order valence-corrected chi connectivity index (χ2v) is 8.39. The molecule has 1 aromatic heterocycles. The lowest BCUT2D eigenvalue weighted by Crippen LogP contribution is -2.28. The number of nitrogens with zero attached hydrogens (tertiary/aromatic N) is 2. The molecule has 0 atom stereocenters. The molecule has 0 aliphatic heterocycles. The highest BCUT2D eigenvalue weighted by atomic mass is 32.2. The Labute approximate surface area is 162 Å². The molecule has 0 saturated carbocycles. The van der Waals surface area contributed by atoms with Crippen molar-refractivity contribution in [3.05, 3.63) is 46.8 Å². The van der Waals surface area contributed by atoms with Crippen molar-refractivity contribution >= 4 is 10.0 Å². The van der Waals surface area contributed by atoms with Gasteiger partial charge in [0.2, 0.25) is 10.0 Å². The average molecular weight is 441 g/mol. The van der Waals surface area contributed by atoms with Crippen LogP contribution in [0.25, 0.3) is 0 Å². The maximum absolute atomic E-state index is 13.2. The van der Waals surface area contributed by atoms with Crippen molar-refractivity contribution < 1.29 is 34.8 Å². The van der Waals surface area contributed by atoms with E-state index in [0.717, 1.165) is 16.8 Å². The standard InChI is InChI=1S/C17H17F6N3O2S/c18-16(19,20)11-5-7-12(8-6-11)29(27,28)24-9-10-26-14-4-2-1-3-13(14)15(25-26)17(21,22)23/h5-8,24H,1-4,9-10H2. The third-order valence-corrected chi connectivity index (χ3v) is 6.11. The molecular formula is C17H17F6N3O2S. The number of nitrogens with one attached hydrogen (secondary N) is 1. The van der Waals surface area contributed by atoms with Gasteiger partial charge >= 0.3 is 12.4 Å². The smallest absolute Gasteiger partial charge is 0.267 e. The normalized spacial score (nSPS) is 15.4. The molecule has 0 saturated heterocycles. The molecule has 1 aliphatic rings. The Morgan fingerprint density at radius 1 is 0.966 bits per heavy atom. The molecule has 1 aromatic carbocycles. The third kappa shape index (κ3) is 4.74. The summed E-state index contributed by atoms with van der Waals surface area (Å²) in [7, 11) is -4.12. The Morgan fingerprint density at radius 2 is 1.59 bits per heavy atom. The van der Waals surface area contributed by atoms with Crippen molar-refractivity contribution in [1.82, 2.24) is 14.5 Å². The number of hydrogen-bond acceptors (Lipinski definition) is 3. The van der Waals surface area contributed by atoms with Crippen molar-refractivity contribution in [3.63, 3.8) is 0 Å². The maximum atomic E-state index is 13.2. The molecule has 2 aromatic rings. The summed E-state index contributed by atoms with van der Waals surface area (Å²) >= 11 is 0. The van der Waals surface area contributed by atoms with Gasteiger partial charge in [0.15, 0.2) is 5.69 Å². The number of halogens is 6. The summed E-state index contributed by atoms with van der Waals surface area (Å²) in [6.45, 7) is -0.382. The summed E-state index contributed by atoms with van der Waals surface area (Å²) in [5, 5.41) is 3.63.